The quantitative estimate of drug-likeness (QED) is 0.428. The van der Waals surface area contributed by atoms with Gasteiger partial charge in [0.1, 0.15) is 0 Å². The van der Waals surface area contributed by atoms with E-state index in [2.05, 4.69) is 33.9 Å². The van der Waals surface area contributed by atoms with E-state index in [1.807, 2.05) is 0 Å². The summed E-state index contributed by atoms with van der Waals surface area (Å²) in [6, 6.07) is 0. The van der Waals surface area contributed by atoms with Crippen LogP contribution in [0.1, 0.15) is 58.8 Å². The molecule has 0 aromatic heterocycles. The van der Waals surface area contributed by atoms with E-state index in [4.69, 9.17) is 4.99 Å². The van der Waals surface area contributed by atoms with Crippen LogP contribution in [0.15, 0.2) is 4.99 Å². The fourth-order valence-electron chi connectivity index (χ4n) is 5.04. The molecule has 2 heterocycles. The van der Waals surface area contributed by atoms with Crippen LogP contribution in [0.4, 0.5) is 0 Å². The summed E-state index contributed by atoms with van der Waals surface area (Å²) in [5.74, 6) is 1.17. The Bertz CT molecular complexity index is 436. The van der Waals surface area contributed by atoms with Gasteiger partial charge in [-0.25, -0.2) is 0 Å². The zero-order valence-corrected chi connectivity index (χ0v) is 17.3. The van der Waals surface area contributed by atoms with Gasteiger partial charge in [-0.3, -0.25) is 4.99 Å². The minimum Gasteiger partial charge on any atom is -0.357 e. The lowest BCUT2D eigenvalue weighted by atomic mass is 9.86. The van der Waals surface area contributed by atoms with Gasteiger partial charge in [-0.05, 0) is 57.5 Å². The lowest BCUT2D eigenvalue weighted by Crippen LogP contribution is -2.46. The van der Waals surface area contributed by atoms with Gasteiger partial charge in [-0.2, -0.15) is 0 Å². The van der Waals surface area contributed by atoms with Gasteiger partial charge >= 0.3 is 0 Å². The zero-order chi connectivity index (χ0) is 18.2. The van der Waals surface area contributed by atoms with Crippen molar-refractivity contribution in [3.8, 4) is 0 Å². The van der Waals surface area contributed by atoms with Gasteiger partial charge < -0.3 is 20.0 Å². The summed E-state index contributed by atoms with van der Waals surface area (Å²) in [6.45, 7) is 16.3. The van der Waals surface area contributed by atoms with E-state index >= 15 is 0 Å². The molecule has 2 saturated heterocycles. The van der Waals surface area contributed by atoms with Crippen LogP contribution in [0.5, 0.6) is 0 Å². The highest BCUT2D eigenvalue weighted by atomic mass is 15.3. The molecule has 1 spiro atoms. The van der Waals surface area contributed by atoms with E-state index in [1.165, 1.54) is 103 Å². The lowest BCUT2D eigenvalue weighted by Gasteiger charge is -2.33. The number of nitrogens with zero attached hydrogens (tertiary/aromatic N) is 4. The van der Waals surface area contributed by atoms with Crippen molar-refractivity contribution in [2.45, 2.75) is 58.8 Å². The number of rotatable bonds is 7. The van der Waals surface area contributed by atoms with Crippen LogP contribution in [0, 0.1) is 5.41 Å². The molecule has 150 valence electrons. The van der Waals surface area contributed by atoms with Crippen molar-refractivity contribution in [1.29, 1.82) is 0 Å². The summed E-state index contributed by atoms with van der Waals surface area (Å²) in [6.07, 6.45) is 9.62. The Morgan fingerprint density at radius 2 is 1.65 bits per heavy atom. The molecule has 3 aliphatic rings. The first-order valence-electron chi connectivity index (χ1n) is 11.2. The molecule has 0 amide bonds. The van der Waals surface area contributed by atoms with Gasteiger partial charge in [-0.15, -0.1) is 0 Å². The molecule has 0 aromatic rings. The Morgan fingerprint density at radius 1 is 0.923 bits per heavy atom. The van der Waals surface area contributed by atoms with Crippen LogP contribution in [-0.2, 0) is 0 Å². The topological polar surface area (TPSA) is 34.1 Å². The summed E-state index contributed by atoms with van der Waals surface area (Å²) in [4.78, 5) is 12.7. The molecule has 5 nitrogen and oxygen atoms in total. The first-order valence-corrected chi connectivity index (χ1v) is 11.2. The highest BCUT2D eigenvalue weighted by Gasteiger charge is 2.41. The van der Waals surface area contributed by atoms with Gasteiger partial charge in [0, 0.05) is 52.4 Å². The molecular weight excluding hydrogens is 322 g/mol. The number of unbranched alkanes of at least 4 members (excludes halogenated alkanes) is 1. The number of hydrogen-bond acceptors (Lipinski definition) is 3. The van der Waals surface area contributed by atoms with Crippen LogP contribution in [-0.4, -0.2) is 86.1 Å². The fraction of sp³-hybridized carbons (Fsp3) is 0.952. The van der Waals surface area contributed by atoms with Crippen molar-refractivity contribution in [3.05, 3.63) is 0 Å². The maximum atomic E-state index is 4.96. The van der Waals surface area contributed by atoms with Crippen molar-refractivity contribution in [1.82, 2.24) is 20.0 Å². The molecule has 1 N–H and O–H groups in total. The molecule has 0 aromatic carbocycles. The monoisotopic (exact) mass is 363 g/mol. The van der Waals surface area contributed by atoms with Crippen LogP contribution < -0.4 is 5.32 Å². The number of hydrogen-bond donors (Lipinski definition) is 1. The van der Waals surface area contributed by atoms with Gasteiger partial charge in [0.2, 0.25) is 0 Å². The number of nitrogens with one attached hydrogen (secondary N) is 1. The highest BCUT2D eigenvalue weighted by molar-refractivity contribution is 5.80. The predicted molar refractivity (Wildman–Crippen MR) is 111 cm³/mol. The van der Waals surface area contributed by atoms with Gasteiger partial charge in [0.25, 0.3) is 0 Å². The number of aliphatic imine (C=N–C) groups is 1. The predicted octanol–water partition coefficient (Wildman–Crippen LogP) is 2.64. The molecule has 2 aliphatic heterocycles. The molecule has 0 unspecified atom stereocenters. The second kappa shape index (κ2) is 9.93. The van der Waals surface area contributed by atoms with Crippen LogP contribution in [0.2, 0.25) is 0 Å². The molecular formula is C21H41N5. The summed E-state index contributed by atoms with van der Waals surface area (Å²) in [5.41, 5.74) is 0.622. The second-order valence-corrected chi connectivity index (χ2v) is 8.60. The van der Waals surface area contributed by atoms with Crippen molar-refractivity contribution in [3.63, 3.8) is 0 Å². The Labute approximate surface area is 161 Å². The molecule has 0 atom stereocenters. The minimum atomic E-state index is 0.622. The van der Waals surface area contributed by atoms with E-state index in [1.54, 1.807) is 0 Å². The first kappa shape index (κ1) is 19.9. The first-order chi connectivity index (χ1) is 12.7. The summed E-state index contributed by atoms with van der Waals surface area (Å²) in [5, 5.41) is 3.54. The van der Waals surface area contributed by atoms with E-state index in [-0.39, 0.29) is 0 Å². The summed E-state index contributed by atoms with van der Waals surface area (Å²) in [7, 11) is 0. The van der Waals surface area contributed by atoms with Crippen molar-refractivity contribution in [2.24, 2.45) is 10.4 Å². The normalized spacial score (nSPS) is 24.7. The Morgan fingerprint density at radius 3 is 2.35 bits per heavy atom. The number of likely N-dealkylation sites (N-methyl/N-ethyl adjacent to an activating group) is 1. The van der Waals surface area contributed by atoms with E-state index in [9.17, 15) is 0 Å². The molecule has 26 heavy (non-hydrogen) atoms. The van der Waals surface area contributed by atoms with Crippen molar-refractivity contribution < 1.29 is 0 Å². The molecule has 1 aliphatic carbocycles. The Kier molecular flexibility index (Phi) is 7.62. The minimum absolute atomic E-state index is 0.622. The molecule has 1 saturated carbocycles. The molecule has 3 rings (SSSR count). The third-order valence-electron chi connectivity index (χ3n) is 6.79. The number of piperazine rings is 1. The molecule has 5 heteroatoms. The number of likely N-dealkylation sites (tertiary alicyclic amines) is 1. The summed E-state index contributed by atoms with van der Waals surface area (Å²) < 4.78 is 0. The van der Waals surface area contributed by atoms with Crippen molar-refractivity contribution >= 4 is 5.96 Å². The highest BCUT2D eigenvalue weighted by Crippen LogP contribution is 2.45. The Hall–Kier alpha value is -0.810. The molecule has 0 radical (unpaired) electrons. The van der Waals surface area contributed by atoms with E-state index in [0.29, 0.717) is 5.41 Å². The standard InChI is InChI=1S/C21H41N5/c1-3-22-20(26-14-11-21(19-26)9-5-6-10-21)23-12-7-8-13-25-17-15-24(4-2)16-18-25/h3-19H2,1-2H3,(H,22,23). The largest absolute Gasteiger partial charge is 0.357 e. The average Bonchev–Trinajstić information content (AvgIpc) is 3.31. The maximum absolute atomic E-state index is 4.96. The molecule has 0 bridgehead atoms. The maximum Gasteiger partial charge on any atom is 0.193 e. The third-order valence-corrected chi connectivity index (χ3v) is 6.79. The summed E-state index contributed by atoms with van der Waals surface area (Å²) >= 11 is 0. The number of guanidine groups is 1. The van der Waals surface area contributed by atoms with Crippen LogP contribution >= 0.6 is 0 Å². The van der Waals surface area contributed by atoms with Crippen LogP contribution in [0.25, 0.3) is 0 Å². The van der Waals surface area contributed by atoms with Gasteiger partial charge in [0.05, 0.1) is 0 Å². The van der Waals surface area contributed by atoms with Crippen molar-refractivity contribution in [2.75, 3.05) is 65.4 Å². The van der Waals surface area contributed by atoms with Crippen LogP contribution in [0.3, 0.4) is 0 Å². The second-order valence-electron chi connectivity index (χ2n) is 8.60. The van der Waals surface area contributed by atoms with Gasteiger partial charge in [-0.1, -0.05) is 19.8 Å². The fourth-order valence-corrected chi connectivity index (χ4v) is 5.04. The van der Waals surface area contributed by atoms with E-state index in [0.717, 1.165) is 13.1 Å². The Balaban J connectivity index is 1.37. The smallest absolute Gasteiger partial charge is 0.193 e. The zero-order valence-electron chi connectivity index (χ0n) is 17.3. The van der Waals surface area contributed by atoms with Gasteiger partial charge in [0.15, 0.2) is 5.96 Å². The average molecular weight is 364 g/mol. The van der Waals surface area contributed by atoms with E-state index < -0.39 is 0 Å². The lowest BCUT2D eigenvalue weighted by molar-refractivity contribution is 0.136. The third kappa shape index (κ3) is 5.35. The SMILES string of the molecule is CCNC(=NCCCCN1CCN(CC)CC1)N1CCC2(CCCC2)C1. The molecule has 3 fully saturated rings.